The van der Waals surface area contributed by atoms with Crippen molar-refractivity contribution in [1.29, 1.82) is 0 Å². The van der Waals surface area contributed by atoms with Gasteiger partial charge in [-0.25, -0.2) is 0 Å². The smallest absolute Gasteiger partial charge is 0.206 e. The van der Waals surface area contributed by atoms with Crippen molar-refractivity contribution in [1.82, 2.24) is 0 Å². The van der Waals surface area contributed by atoms with Gasteiger partial charge < -0.3 is 0 Å². The number of anilines is 1. The summed E-state index contributed by atoms with van der Waals surface area (Å²) in [7, 11) is 0. The van der Waals surface area contributed by atoms with Crippen molar-refractivity contribution >= 4 is 23.2 Å². The normalized spacial score (nSPS) is 20.1. The number of carbonyl (C=O) groups is 1. The van der Waals surface area contributed by atoms with E-state index in [0.29, 0.717) is 5.69 Å². The summed E-state index contributed by atoms with van der Waals surface area (Å²) in [6, 6.07) is 2.39. The van der Waals surface area contributed by atoms with E-state index >= 15 is 0 Å². The second kappa shape index (κ2) is 5.37. The fourth-order valence-electron chi connectivity index (χ4n) is 2.04. The Labute approximate surface area is 132 Å². The molecule has 3 nitrogen and oxygen atoms in total. The molecule has 0 amide bonds. The predicted octanol–water partition coefficient (Wildman–Crippen LogP) is 3.72. The number of hydrogen-bond acceptors (Lipinski definition) is 3. The molecule has 0 unspecified atom stereocenters. The van der Waals surface area contributed by atoms with Gasteiger partial charge in [0.05, 0.1) is 13.9 Å². The molecule has 0 aliphatic heterocycles. The Morgan fingerprint density at radius 2 is 1.95 bits per heavy atom. The summed E-state index contributed by atoms with van der Waals surface area (Å²) in [6.45, 7) is 3.79. The fourth-order valence-corrected chi connectivity index (χ4v) is 2.04. The minimum Gasteiger partial charge on any atom is -0.287 e. The third kappa shape index (κ3) is 2.63. The molecule has 0 bridgehead atoms. The Kier molecular flexibility index (Phi) is 2.03. The van der Waals surface area contributed by atoms with Crippen molar-refractivity contribution in [3.8, 4) is 0 Å². The highest BCUT2D eigenvalue weighted by Crippen LogP contribution is 2.20. The SMILES string of the molecule is [2H]C1=C([2H])c2c([2H])c([2H])c([2H])c([2H])c2/C(=N\Nc2ccc(C)cc2C)C1=O. The van der Waals surface area contributed by atoms with E-state index in [9.17, 15) is 4.79 Å². The first-order valence-electron chi connectivity index (χ1n) is 9.39. The first-order valence-corrected chi connectivity index (χ1v) is 6.39. The first-order chi connectivity index (χ1) is 12.6. The van der Waals surface area contributed by atoms with Gasteiger partial charge in [-0.15, -0.1) is 0 Å². The summed E-state index contributed by atoms with van der Waals surface area (Å²) in [5.41, 5.74) is 4.63. The van der Waals surface area contributed by atoms with Gasteiger partial charge in [-0.05, 0) is 37.1 Å². The Balaban J connectivity index is 2.22. The van der Waals surface area contributed by atoms with E-state index in [2.05, 4.69) is 10.5 Å². The van der Waals surface area contributed by atoms with Gasteiger partial charge in [0.25, 0.3) is 0 Å². The maximum absolute atomic E-state index is 12.5. The number of carbonyl (C=O) groups excluding carboxylic acids is 1. The van der Waals surface area contributed by atoms with E-state index in [0.717, 1.165) is 11.1 Å². The number of hydrazone groups is 1. The summed E-state index contributed by atoms with van der Waals surface area (Å²) in [5, 5.41) is 4.06. The highest BCUT2D eigenvalue weighted by atomic mass is 16.1. The van der Waals surface area contributed by atoms with Crippen molar-refractivity contribution in [3.05, 3.63) is 70.7 Å². The minimum atomic E-state index is -0.866. The van der Waals surface area contributed by atoms with Gasteiger partial charge >= 0.3 is 0 Å². The van der Waals surface area contributed by atoms with Crippen molar-refractivity contribution in [2.24, 2.45) is 5.10 Å². The van der Waals surface area contributed by atoms with Crippen molar-refractivity contribution in [3.63, 3.8) is 0 Å². The Morgan fingerprint density at radius 1 is 1.14 bits per heavy atom. The summed E-state index contributed by atoms with van der Waals surface area (Å²) in [4.78, 5) is 12.5. The number of rotatable bonds is 2. The Bertz CT molecular complexity index is 1060. The van der Waals surface area contributed by atoms with Crippen molar-refractivity contribution < 1.29 is 13.0 Å². The van der Waals surface area contributed by atoms with Crippen LogP contribution in [0.5, 0.6) is 0 Å². The van der Waals surface area contributed by atoms with E-state index in [1.165, 1.54) is 0 Å². The van der Waals surface area contributed by atoms with Crippen LogP contribution in [0.3, 0.4) is 0 Å². The third-order valence-electron chi connectivity index (χ3n) is 3.11. The molecule has 3 heteroatoms. The topological polar surface area (TPSA) is 41.5 Å². The number of fused-ring (bicyclic) bond motifs is 1. The van der Waals surface area contributed by atoms with Crippen LogP contribution in [0.1, 0.15) is 30.5 Å². The van der Waals surface area contributed by atoms with Gasteiger partial charge in [0, 0.05) is 5.56 Å². The van der Waals surface area contributed by atoms with Crippen LogP contribution in [0.4, 0.5) is 5.69 Å². The van der Waals surface area contributed by atoms with Gasteiger partial charge in [-0.3, -0.25) is 10.2 Å². The molecule has 0 saturated carbocycles. The number of nitrogens with zero attached hydrogens (tertiary/aromatic N) is 1. The van der Waals surface area contributed by atoms with Crippen LogP contribution in [-0.2, 0) is 4.79 Å². The molecule has 104 valence electrons. The predicted molar refractivity (Wildman–Crippen MR) is 86.6 cm³/mol. The Hall–Kier alpha value is -2.68. The molecule has 21 heavy (non-hydrogen) atoms. The molecule has 0 atom stereocenters. The average molecular weight is 282 g/mol. The lowest BCUT2D eigenvalue weighted by Crippen LogP contribution is -2.19. The Morgan fingerprint density at radius 3 is 2.76 bits per heavy atom. The van der Waals surface area contributed by atoms with Gasteiger partial charge in [0.1, 0.15) is 5.71 Å². The number of aryl methyl sites for hydroxylation is 2. The van der Waals surface area contributed by atoms with E-state index in [4.69, 9.17) is 8.22 Å². The van der Waals surface area contributed by atoms with E-state index in [-0.39, 0.29) is 16.8 Å². The number of nitrogens with one attached hydrogen (secondary N) is 1. The maximum Gasteiger partial charge on any atom is 0.206 e. The molecular weight excluding hydrogens is 260 g/mol. The van der Waals surface area contributed by atoms with Gasteiger partial charge in [0.15, 0.2) is 0 Å². The molecule has 3 rings (SSSR count). The zero-order chi connectivity index (χ0) is 20.0. The molecule has 0 fully saturated rings. The number of hydrogen-bond donors (Lipinski definition) is 1. The van der Waals surface area contributed by atoms with Crippen LogP contribution in [-0.4, -0.2) is 11.5 Å². The molecule has 0 aromatic heterocycles. The molecule has 1 aliphatic rings. The lowest BCUT2D eigenvalue weighted by atomic mass is 9.95. The second-order valence-corrected chi connectivity index (χ2v) is 4.72. The van der Waals surface area contributed by atoms with Gasteiger partial charge in [-0.2, -0.15) is 5.10 Å². The van der Waals surface area contributed by atoms with Crippen molar-refractivity contribution in [2.75, 3.05) is 5.43 Å². The lowest BCUT2D eigenvalue weighted by molar-refractivity contribution is -0.108. The summed E-state index contributed by atoms with van der Waals surface area (Å²) in [6.07, 6.45) is 0. The zero-order valence-corrected chi connectivity index (χ0v) is 11.6. The lowest BCUT2D eigenvalue weighted by Gasteiger charge is -2.13. The molecule has 1 N–H and O–H groups in total. The van der Waals surface area contributed by atoms with Crippen molar-refractivity contribution in [2.45, 2.75) is 13.8 Å². The standard InChI is InChI=1S/C18H16N2O/c1-12-7-9-16(13(2)11-12)19-20-18-15-6-4-3-5-14(15)8-10-17(18)21/h3-11,19H,1-2H3/b20-18+/i3D,4D,5D,6D,8D,10D. The molecule has 1 aliphatic carbocycles. The van der Waals surface area contributed by atoms with Crippen LogP contribution in [0.15, 0.2) is 53.5 Å². The van der Waals surface area contributed by atoms with E-state index in [1.54, 1.807) is 6.07 Å². The van der Waals surface area contributed by atoms with Crippen LogP contribution in [0.25, 0.3) is 6.05 Å². The van der Waals surface area contributed by atoms with Crippen LogP contribution >= 0.6 is 0 Å². The van der Waals surface area contributed by atoms with Crippen LogP contribution < -0.4 is 5.43 Å². The second-order valence-electron chi connectivity index (χ2n) is 4.72. The largest absolute Gasteiger partial charge is 0.287 e. The average Bonchev–Trinajstić information content (AvgIpc) is 2.63. The molecule has 0 saturated heterocycles. The van der Waals surface area contributed by atoms with Crippen LogP contribution in [0, 0.1) is 13.8 Å². The summed E-state index contributed by atoms with van der Waals surface area (Å²) < 4.78 is 47.6. The van der Waals surface area contributed by atoms with E-state index in [1.807, 2.05) is 26.0 Å². The minimum absolute atomic E-state index is 0.163. The first kappa shape index (κ1) is 7.93. The molecule has 0 heterocycles. The number of ketones is 1. The number of benzene rings is 2. The van der Waals surface area contributed by atoms with Gasteiger partial charge in [0.2, 0.25) is 5.78 Å². The van der Waals surface area contributed by atoms with Crippen LogP contribution in [0.2, 0.25) is 0 Å². The summed E-state index contributed by atoms with van der Waals surface area (Å²) in [5.74, 6) is -0.866. The highest BCUT2D eigenvalue weighted by molar-refractivity contribution is 6.52. The molecular formula is C18H16N2O. The molecule has 0 radical (unpaired) electrons. The third-order valence-corrected chi connectivity index (χ3v) is 3.11. The molecule has 2 aromatic rings. The highest BCUT2D eigenvalue weighted by Gasteiger charge is 2.18. The van der Waals surface area contributed by atoms with E-state index < -0.39 is 42.1 Å². The maximum atomic E-state index is 12.5. The summed E-state index contributed by atoms with van der Waals surface area (Å²) >= 11 is 0. The van der Waals surface area contributed by atoms with Gasteiger partial charge in [-0.1, -0.05) is 47.9 Å². The quantitative estimate of drug-likeness (QED) is 0.853. The zero-order valence-electron chi connectivity index (χ0n) is 17.6. The monoisotopic (exact) mass is 282 g/mol. The number of allylic oxidation sites excluding steroid dienone is 1. The fraction of sp³-hybridized carbons (Fsp3) is 0.111. The molecule has 0 spiro atoms. The molecule has 2 aromatic carbocycles.